The van der Waals surface area contributed by atoms with E-state index in [2.05, 4.69) is 4.98 Å². The molecule has 0 bridgehead atoms. The van der Waals surface area contributed by atoms with Crippen LogP contribution in [0.5, 0.6) is 0 Å². The van der Waals surface area contributed by atoms with Crippen LogP contribution in [-0.4, -0.2) is 15.4 Å². The summed E-state index contributed by atoms with van der Waals surface area (Å²) in [7, 11) is 0. The monoisotopic (exact) mass is 186 g/mol. The van der Waals surface area contributed by atoms with Crippen molar-refractivity contribution in [2.45, 2.75) is 0 Å². The van der Waals surface area contributed by atoms with E-state index in [1.165, 1.54) is 0 Å². The summed E-state index contributed by atoms with van der Waals surface area (Å²) in [6.07, 6.45) is 5.31. The molecule has 0 aliphatic heterocycles. The van der Waals surface area contributed by atoms with E-state index in [9.17, 15) is 0 Å². The van der Waals surface area contributed by atoms with E-state index in [1.54, 1.807) is 12.5 Å². The van der Waals surface area contributed by atoms with Crippen molar-refractivity contribution in [2.24, 2.45) is 5.73 Å². The van der Waals surface area contributed by atoms with Crippen molar-refractivity contribution in [2.75, 3.05) is 0 Å². The van der Waals surface area contributed by atoms with Gasteiger partial charge in [0.1, 0.15) is 5.84 Å². The molecule has 0 unspecified atom stereocenters. The van der Waals surface area contributed by atoms with Crippen molar-refractivity contribution in [1.82, 2.24) is 9.55 Å². The fraction of sp³-hybridized carbons (Fsp3) is 0. The predicted molar refractivity (Wildman–Crippen MR) is 54.6 cm³/mol. The van der Waals surface area contributed by atoms with E-state index in [0.717, 1.165) is 11.3 Å². The molecule has 0 saturated carbocycles. The average Bonchev–Trinajstić information content (AvgIpc) is 2.71. The van der Waals surface area contributed by atoms with Gasteiger partial charge >= 0.3 is 0 Å². The Morgan fingerprint density at radius 3 is 2.50 bits per heavy atom. The van der Waals surface area contributed by atoms with Crippen LogP contribution in [0, 0.1) is 5.41 Å². The molecular weight excluding hydrogens is 176 g/mol. The lowest BCUT2D eigenvalue weighted by molar-refractivity contribution is 1.06. The number of nitrogens with zero attached hydrogens (tertiary/aromatic N) is 2. The molecule has 0 radical (unpaired) electrons. The molecular formula is C10H10N4. The number of hydrogen-bond donors (Lipinski definition) is 2. The molecule has 70 valence electrons. The number of imidazole rings is 1. The minimum absolute atomic E-state index is 0.0854. The van der Waals surface area contributed by atoms with Gasteiger partial charge in [-0.1, -0.05) is 0 Å². The first-order chi connectivity index (χ1) is 6.77. The van der Waals surface area contributed by atoms with Gasteiger partial charge in [-0.3, -0.25) is 5.41 Å². The van der Waals surface area contributed by atoms with Crippen molar-refractivity contribution < 1.29 is 0 Å². The second kappa shape index (κ2) is 3.33. The molecule has 4 heteroatoms. The molecule has 0 aliphatic rings. The summed E-state index contributed by atoms with van der Waals surface area (Å²) < 4.78 is 1.89. The van der Waals surface area contributed by atoms with Crippen molar-refractivity contribution in [1.29, 1.82) is 5.41 Å². The van der Waals surface area contributed by atoms with E-state index in [1.807, 2.05) is 35.0 Å². The Bertz CT molecular complexity index is 428. The van der Waals surface area contributed by atoms with E-state index < -0.39 is 0 Å². The van der Waals surface area contributed by atoms with Gasteiger partial charge in [-0.2, -0.15) is 0 Å². The maximum Gasteiger partial charge on any atom is 0.122 e. The highest BCUT2D eigenvalue weighted by Gasteiger charge is 1.97. The third-order valence-electron chi connectivity index (χ3n) is 1.98. The van der Waals surface area contributed by atoms with E-state index >= 15 is 0 Å². The molecule has 1 aromatic carbocycles. The van der Waals surface area contributed by atoms with Gasteiger partial charge in [-0.05, 0) is 24.3 Å². The third kappa shape index (κ3) is 1.50. The van der Waals surface area contributed by atoms with Gasteiger partial charge in [0, 0.05) is 23.6 Å². The molecule has 0 amide bonds. The van der Waals surface area contributed by atoms with Gasteiger partial charge in [0.05, 0.1) is 6.33 Å². The van der Waals surface area contributed by atoms with Crippen LogP contribution in [-0.2, 0) is 0 Å². The van der Waals surface area contributed by atoms with Crippen molar-refractivity contribution in [3.8, 4) is 5.69 Å². The fourth-order valence-corrected chi connectivity index (χ4v) is 1.22. The zero-order chi connectivity index (χ0) is 9.97. The number of amidine groups is 1. The van der Waals surface area contributed by atoms with Gasteiger partial charge in [0.15, 0.2) is 0 Å². The number of rotatable bonds is 2. The number of nitrogen functional groups attached to an aromatic ring is 1. The van der Waals surface area contributed by atoms with E-state index in [0.29, 0.717) is 0 Å². The van der Waals surface area contributed by atoms with Gasteiger partial charge < -0.3 is 10.3 Å². The maximum atomic E-state index is 7.24. The normalized spacial score (nSPS) is 10.0. The first kappa shape index (κ1) is 8.50. The Morgan fingerprint density at radius 2 is 2.00 bits per heavy atom. The van der Waals surface area contributed by atoms with E-state index in [4.69, 9.17) is 11.1 Å². The summed E-state index contributed by atoms with van der Waals surface area (Å²) in [4.78, 5) is 3.95. The van der Waals surface area contributed by atoms with Crippen LogP contribution in [0.1, 0.15) is 5.56 Å². The number of aromatic nitrogens is 2. The van der Waals surface area contributed by atoms with Crippen LogP contribution < -0.4 is 5.73 Å². The molecule has 2 rings (SSSR count). The quantitative estimate of drug-likeness (QED) is 0.545. The zero-order valence-corrected chi connectivity index (χ0v) is 7.51. The molecule has 3 N–H and O–H groups in total. The molecule has 14 heavy (non-hydrogen) atoms. The molecule has 0 atom stereocenters. The lowest BCUT2D eigenvalue weighted by Crippen LogP contribution is -2.10. The number of hydrogen-bond acceptors (Lipinski definition) is 2. The average molecular weight is 186 g/mol. The summed E-state index contributed by atoms with van der Waals surface area (Å²) >= 11 is 0. The van der Waals surface area contributed by atoms with Gasteiger partial charge in [-0.25, -0.2) is 4.98 Å². The lowest BCUT2D eigenvalue weighted by Gasteiger charge is -2.02. The van der Waals surface area contributed by atoms with Crippen LogP contribution in [0.2, 0.25) is 0 Å². The molecule has 0 fully saturated rings. The minimum atomic E-state index is 0.0854. The molecule has 0 spiro atoms. The van der Waals surface area contributed by atoms with Crippen molar-refractivity contribution >= 4 is 5.84 Å². The SMILES string of the molecule is N=C(N)c1ccc(-n2ccnc2)cc1. The minimum Gasteiger partial charge on any atom is -0.384 e. The maximum absolute atomic E-state index is 7.24. The summed E-state index contributed by atoms with van der Waals surface area (Å²) in [5.41, 5.74) is 7.08. The van der Waals surface area contributed by atoms with Gasteiger partial charge in [-0.15, -0.1) is 0 Å². The summed E-state index contributed by atoms with van der Waals surface area (Å²) in [6, 6.07) is 7.44. The largest absolute Gasteiger partial charge is 0.384 e. The Balaban J connectivity index is 2.36. The summed E-state index contributed by atoms with van der Waals surface area (Å²) in [5, 5.41) is 7.24. The summed E-state index contributed by atoms with van der Waals surface area (Å²) in [5.74, 6) is 0.0854. The summed E-state index contributed by atoms with van der Waals surface area (Å²) in [6.45, 7) is 0. The third-order valence-corrected chi connectivity index (χ3v) is 1.98. The highest BCUT2D eigenvalue weighted by Crippen LogP contribution is 2.08. The topological polar surface area (TPSA) is 67.7 Å². The standard InChI is InChI=1S/C10H10N4/c11-10(12)8-1-3-9(4-2-8)14-6-5-13-7-14/h1-7H,(H3,11,12). The molecule has 4 nitrogen and oxygen atoms in total. The Morgan fingerprint density at radius 1 is 1.29 bits per heavy atom. The fourth-order valence-electron chi connectivity index (χ4n) is 1.22. The predicted octanol–water partition coefficient (Wildman–Crippen LogP) is 1.16. The molecule has 2 aromatic rings. The van der Waals surface area contributed by atoms with E-state index in [-0.39, 0.29) is 5.84 Å². The smallest absolute Gasteiger partial charge is 0.122 e. The number of nitrogens with one attached hydrogen (secondary N) is 1. The van der Waals surface area contributed by atoms with Gasteiger partial charge in [0.2, 0.25) is 0 Å². The van der Waals surface area contributed by atoms with Crippen LogP contribution in [0.25, 0.3) is 5.69 Å². The van der Waals surface area contributed by atoms with Crippen LogP contribution in [0.15, 0.2) is 43.0 Å². The second-order valence-electron chi connectivity index (χ2n) is 2.93. The van der Waals surface area contributed by atoms with Crippen LogP contribution in [0.4, 0.5) is 0 Å². The second-order valence-corrected chi connectivity index (χ2v) is 2.93. The van der Waals surface area contributed by atoms with Gasteiger partial charge in [0.25, 0.3) is 0 Å². The molecule has 1 heterocycles. The van der Waals surface area contributed by atoms with Crippen LogP contribution >= 0.6 is 0 Å². The Kier molecular flexibility index (Phi) is 2.02. The Hall–Kier alpha value is -2.10. The number of nitrogens with two attached hydrogens (primary N) is 1. The number of benzene rings is 1. The molecule has 1 aromatic heterocycles. The Labute approximate surface area is 81.5 Å². The molecule has 0 aliphatic carbocycles. The van der Waals surface area contributed by atoms with Crippen LogP contribution in [0.3, 0.4) is 0 Å². The van der Waals surface area contributed by atoms with Crippen molar-refractivity contribution in [3.05, 3.63) is 48.5 Å². The highest BCUT2D eigenvalue weighted by molar-refractivity contribution is 5.95. The van der Waals surface area contributed by atoms with Crippen molar-refractivity contribution in [3.63, 3.8) is 0 Å². The first-order valence-electron chi connectivity index (χ1n) is 4.20. The highest BCUT2D eigenvalue weighted by atomic mass is 15.0. The first-order valence-corrected chi connectivity index (χ1v) is 4.20. The molecule has 0 saturated heterocycles. The zero-order valence-electron chi connectivity index (χ0n) is 7.51. The lowest BCUT2D eigenvalue weighted by atomic mass is 10.2.